The molecule has 7 nitrogen and oxygen atoms in total. The summed E-state index contributed by atoms with van der Waals surface area (Å²) < 4.78 is 22.8. The molecule has 0 unspecified atom stereocenters. The Morgan fingerprint density at radius 2 is 1.65 bits per heavy atom. The Morgan fingerprint density at radius 1 is 1.00 bits per heavy atom. The predicted octanol–water partition coefficient (Wildman–Crippen LogP) is 3.18. The second-order valence-electron chi connectivity index (χ2n) is 6.02. The molecule has 7 heteroatoms. The molecule has 1 fully saturated rings. The van der Waals surface area contributed by atoms with Crippen molar-refractivity contribution in [1.82, 2.24) is 0 Å². The zero-order valence-electron chi connectivity index (χ0n) is 14.8. The molecule has 23 heavy (non-hydrogen) atoms. The van der Waals surface area contributed by atoms with Crippen molar-refractivity contribution in [3.05, 3.63) is 10.4 Å². The summed E-state index contributed by atoms with van der Waals surface area (Å²) in [4.78, 5) is 2.65. The molecular weight excluding hydrogens is 298 g/mol. The van der Waals surface area contributed by atoms with E-state index in [1.54, 1.807) is 0 Å². The van der Waals surface area contributed by atoms with Crippen molar-refractivity contribution in [3.63, 3.8) is 0 Å². The molecular formula is C16H31N3O4. The SMILES string of the molecule is CC[C@H]1O[C@H](C)[C@H](C)[C@@H](C)[C@@H]1OCCOCCOCCN=[N+]=[N-]. The third-order valence-electron chi connectivity index (χ3n) is 4.56. The van der Waals surface area contributed by atoms with Crippen molar-refractivity contribution >= 4 is 0 Å². The van der Waals surface area contributed by atoms with Crippen LogP contribution in [0.25, 0.3) is 10.4 Å². The van der Waals surface area contributed by atoms with Gasteiger partial charge < -0.3 is 18.9 Å². The highest BCUT2D eigenvalue weighted by molar-refractivity contribution is 4.86. The van der Waals surface area contributed by atoms with Gasteiger partial charge in [-0.15, -0.1) is 0 Å². The third-order valence-corrected chi connectivity index (χ3v) is 4.56. The van der Waals surface area contributed by atoms with E-state index in [-0.39, 0.29) is 18.3 Å². The van der Waals surface area contributed by atoms with Crippen molar-refractivity contribution < 1.29 is 18.9 Å². The van der Waals surface area contributed by atoms with Gasteiger partial charge in [0.25, 0.3) is 0 Å². The maximum atomic E-state index is 8.11. The predicted molar refractivity (Wildman–Crippen MR) is 88.3 cm³/mol. The Bertz CT molecular complexity index is 361. The van der Waals surface area contributed by atoms with Crippen LogP contribution in [0.5, 0.6) is 0 Å². The Labute approximate surface area is 139 Å². The fourth-order valence-electron chi connectivity index (χ4n) is 2.85. The van der Waals surface area contributed by atoms with E-state index in [0.29, 0.717) is 51.4 Å². The lowest BCUT2D eigenvalue weighted by Crippen LogP contribution is -2.49. The first kappa shape index (κ1) is 20.2. The van der Waals surface area contributed by atoms with Gasteiger partial charge in [-0.25, -0.2) is 0 Å². The smallest absolute Gasteiger partial charge is 0.0866 e. The van der Waals surface area contributed by atoms with Gasteiger partial charge in [0.05, 0.1) is 51.3 Å². The van der Waals surface area contributed by atoms with E-state index in [1.165, 1.54) is 0 Å². The van der Waals surface area contributed by atoms with E-state index < -0.39 is 0 Å². The number of nitrogens with zero attached hydrogens (tertiary/aromatic N) is 3. The molecule has 0 spiro atoms. The number of rotatable bonds is 11. The van der Waals surface area contributed by atoms with Gasteiger partial charge in [-0.3, -0.25) is 0 Å². The number of hydrogen-bond donors (Lipinski definition) is 0. The van der Waals surface area contributed by atoms with Crippen molar-refractivity contribution in [2.75, 3.05) is 39.6 Å². The first-order valence-corrected chi connectivity index (χ1v) is 8.55. The maximum absolute atomic E-state index is 8.11. The summed E-state index contributed by atoms with van der Waals surface area (Å²) in [6.45, 7) is 11.7. The Hall–Kier alpha value is -0.850. The lowest BCUT2D eigenvalue weighted by Gasteiger charge is -2.43. The molecule has 0 N–H and O–H groups in total. The summed E-state index contributed by atoms with van der Waals surface area (Å²) in [6, 6.07) is 0. The Morgan fingerprint density at radius 3 is 2.30 bits per heavy atom. The van der Waals surface area contributed by atoms with E-state index in [1.807, 2.05) is 0 Å². The van der Waals surface area contributed by atoms with E-state index in [4.69, 9.17) is 24.5 Å². The molecule has 0 aromatic rings. The number of hydrogen-bond acceptors (Lipinski definition) is 5. The van der Waals surface area contributed by atoms with Crippen LogP contribution in [0.4, 0.5) is 0 Å². The average Bonchev–Trinajstić information content (AvgIpc) is 2.55. The molecule has 1 heterocycles. The van der Waals surface area contributed by atoms with Crippen molar-refractivity contribution in [2.45, 2.75) is 52.4 Å². The standard InChI is InChI=1S/C16H31N3O4/c1-5-15-16(13(3)12(2)14(4)23-15)22-11-10-21-9-8-20-7-6-18-19-17/h12-16H,5-11H2,1-4H3/t12-,13-,14-,15-,16+/m1/s1. The zero-order chi connectivity index (χ0) is 17.1. The van der Waals surface area contributed by atoms with Gasteiger partial charge in [-0.05, 0) is 30.7 Å². The Balaban J connectivity index is 2.12. The Kier molecular flexibility index (Phi) is 10.2. The number of azide groups is 1. The fraction of sp³-hybridized carbons (Fsp3) is 1.00. The van der Waals surface area contributed by atoms with Gasteiger partial charge in [0.15, 0.2) is 0 Å². The van der Waals surface area contributed by atoms with Crippen LogP contribution in [0.1, 0.15) is 34.1 Å². The highest BCUT2D eigenvalue weighted by Crippen LogP contribution is 2.33. The normalized spacial score (nSPS) is 30.9. The van der Waals surface area contributed by atoms with Gasteiger partial charge in [-0.1, -0.05) is 25.9 Å². The molecule has 1 aliphatic heterocycles. The minimum absolute atomic E-state index is 0.134. The van der Waals surface area contributed by atoms with Crippen LogP contribution < -0.4 is 0 Å². The van der Waals surface area contributed by atoms with Crippen molar-refractivity contribution in [3.8, 4) is 0 Å². The van der Waals surface area contributed by atoms with Gasteiger partial charge in [-0.2, -0.15) is 0 Å². The highest BCUT2D eigenvalue weighted by Gasteiger charge is 2.39. The zero-order valence-corrected chi connectivity index (χ0v) is 14.8. The van der Waals surface area contributed by atoms with Gasteiger partial charge in [0.1, 0.15) is 0 Å². The summed E-state index contributed by atoms with van der Waals surface area (Å²) in [5.41, 5.74) is 8.11. The molecule has 1 saturated heterocycles. The molecule has 5 atom stereocenters. The maximum Gasteiger partial charge on any atom is 0.0866 e. The minimum atomic E-state index is 0.134. The molecule has 134 valence electrons. The van der Waals surface area contributed by atoms with Crippen molar-refractivity contribution in [2.24, 2.45) is 17.0 Å². The summed E-state index contributed by atoms with van der Waals surface area (Å²) in [7, 11) is 0. The van der Waals surface area contributed by atoms with E-state index in [9.17, 15) is 0 Å². The summed E-state index contributed by atoms with van der Waals surface area (Å²) in [5.74, 6) is 0.973. The molecule has 0 amide bonds. The largest absolute Gasteiger partial charge is 0.379 e. The van der Waals surface area contributed by atoms with Crippen molar-refractivity contribution in [1.29, 1.82) is 0 Å². The summed E-state index contributed by atoms with van der Waals surface area (Å²) in [5, 5.41) is 3.39. The van der Waals surface area contributed by atoms with Crippen LogP contribution in [0, 0.1) is 11.8 Å². The van der Waals surface area contributed by atoms with Crippen LogP contribution in [0.2, 0.25) is 0 Å². The number of ether oxygens (including phenoxy) is 4. The molecule has 0 radical (unpaired) electrons. The second kappa shape index (κ2) is 11.6. The second-order valence-corrected chi connectivity index (χ2v) is 6.02. The van der Waals surface area contributed by atoms with Gasteiger partial charge in [0.2, 0.25) is 0 Å². The minimum Gasteiger partial charge on any atom is -0.379 e. The molecule has 1 aliphatic rings. The van der Waals surface area contributed by atoms with Gasteiger partial charge >= 0.3 is 0 Å². The van der Waals surface area contributed by atoms with Crippen LogP contribution >= 0.6 is 0 Å². The summed E-state index contributed by atoms with van der Waals surface area (Å²) in [6.07, 6.45) is 1.55. The first-order valence-electron chi connectivity index (χ1n) is 8.55. The molecule has 0 bridgehead atoms. The first-order chi connectivity index (χ1) is 11.1. The third kappa shape index (κ3) is 7.06. The van der Waals surface area contributed by atoms with Crippen LogP contribution in [-0.2, 0) is 18.9 Å². The average molecular weight is 329 g/mol. The molecule has 0 aromatic heterocycles. The quantitative estimate of drug-likeness (QED) is 0.252. The summed E-state index contributed by atoms with van der Waals surface area (Å²) >= 11 is 0. The van der Waals surface area contributed by atoms with Crippen LogP contribution in [0.15, 0.2) is 5.11 Å². The van der Waals surface area contributed by atoms with Crippen LogP contribution in [0.3, 0.4) is 0 Å². The molecule has 0 saturated carbocycles. The van der Waals surface area contributed by atoms with E-state index >= 15 is 0 Å². The monoisotopic (exact) mass is 329 g/mol. The molecule has 0 aliphatic carbocycles. The molecule has 0 aromatic carbocycles. The van der Waals surface area contributed by atoms with Gasteiger partial charge in [0, 0.05) is 11.5 Å². The molecule has 1 rings (SSSR count). The fourth-order valence-corrected chi connectivity index (χ4v) is 2.85. The lowest BCUT2D eigenvalue weighted by atomic mass is 9.81. The van der Waals surface area contributed by atoms with Crippen LogP contribution in [-0.4, -0.2) is 57.9 Å². The lowest BCUT2D eigenvalue weighted by molar-refractivity contribution is -0.185. The van der Waals surface area contributed by atoms with E-state index in [2.05, 4.69) is 37.7 Å². The highest BCUT2D eigenvalue weighted by atomic mass is 16.6. The van der Waals surface area contributed by atoms with E-state index in [0.717, 1.165) is 6.42 Å². The topological polar surface area (TPSA) is 85.7 Å².